The average molecular weight is 380 g/mol. The molecular formula is C13H18BrNO5S. The van der Waals surface area contributed by atoms with Gasteiger partial charge in [-0.15, -0.1) is 0 Å². The second-order valence-corrected chi connectivity index (χ2v) is 7.20. The fraction of sp³-hybridized carbons (Fsp3) is 0.462. The van der Waals surface area contributed by atoms with Crippen LogP contribution in [0.4, 0.5) is 0 Å². The van der Waals surface area contributed by atoms with E-state index in [9.17, 15) is 13.2 Å². The van der Waals surface area contributed by atoms with Gasteiger partial charge in [-0.05, 0) is 41.1 Å². The van der Waals surface area contributed by atoms with Gasteiger partial charge in [0.2, 0.25) is 10.0 Å². The van der Waals surface area contributed by atoms with E-state index in [1.165, 1.54) is 23.5 Å². The van der Waals surface area contributed by atoms with Gasteiger partial charge in [0.15, 0.2) is 0 Å². The van der Waals surface area contributed by atoms with E-state index in [2.05, 4.69) is 15.9 Å². The van der Waals surface area contributed by atoms with Crippen molar-refractivity contribution in [2.75, 3.05) is 13.7 Å². The molecule has 0 aliphatic carbocycles. The number of nitrogens with zero attached hydrogens (tertiary/aromatic N) is 1. The number of hydrogen-bond donors (Lipinski definition) is 1. The van der Waals surface area contributed by atoms with Crippen molar-refractivity contribution in [2.24, 2.45) is 0 Å². The molecule has 118 valence electrons. The van der Waals surface area contributed by atoms with Crippen LogP contribution in [0.2, 0.25) is 0 Å². The maximum Gasteiger partial charge on any atom is 0.304 e. The van der Waals surface area contributed by atoms with E-state index in [1.807, 2.05) is 0 Å². The average Bonchev–Trinajstić information content (AvgIpc) is 2.38. The van der Waals surface area contributed by atoms with E-state index in [0.717, 1.165) is 0 Å². The largest absolute Gasteiger partial charge is 0.496 e. The van der Waals surface area contributed by atoms with Gasteiger partial charge in [-0.1, -0.05) is 6.92 Å². The Kier molecular flexibility index (Phi) is 6.18. The lowest BCUT2D eigenvalue weighted by Crippen LogP contribution is -2.39. The first-order chi connectivity index (χ1) is 9.73. The molecule has 1 rings (SSSR count). The summed E-state index contributed by atoms with van der Waals surface area (Å²) >= 11 is 3.25. The number of rotatable bonds is 7. The van der Waals surface area contributed by atoms with Crippen molar-refractivity contribution in [3.05, 3.63) is 22.7 Å². The summed E-state index contributed by atoms with van der Waals surface area (Å²) in [7, 11) is -2.27. The molecule has 0 saturated carbocycles. The minimum atomic E-state index is -3.76. The molecule has 6 nitrogen and oxygen atoms in total. The molecule has 1 aromatic carbocycles. The topological polar surface area (TPSA) is 83.9 Å². The number of benzene rings is 1. The molecule has 0 aliphatic rings. The molecule has 0 aliphatic heterocycles. The van der Waals surface area contributed by atoms with E-state index in [-0.39, 0.29) is 17.9 Å². The second kappa shape index (κ2) is 7.24. The van der Waals surface area contributed by atoms with Gasteiger partial charge in [-0.25, -0.2) is 8.42 Å². The number of hydrogen-bond acceptors (Lipinski definition) is 4. The van der Waals surface area contributed by atoms with Gasteiger partial charge < -0.3 is 9.84 Å². The van der Waals surface area contributed by atoms with Gasteiger partial charge in [0, 0.05) is 12.6 Å². The number of aliphatic carboxylic acids is 1. The summed E-state index contributed by atoms with van der Waals surface area (Å²) in [5.41, 5.74) is 0. The molecule has 8 heteroatoms. The third-order valence-corrected chi connectivity index (χ3v) is 5.71. The molecular weight excluding hydrogens is 362 g/mol. The van der Waals surface area contributed by atoms with Gasteiger partial charge in [0.25, 0.3) is 0 Å². The van der Waals surface area contributed by atoms with Crippen molar-refractivity contribution in [3.63, 3.8) is 0 Å². The van der Waals surface area contributed by atoms with Crippen LogP contribution in [-0.2, 0) is 14.8 Å². The van der Waals surface area contributed by atoms with E-state index in [0.29, 0.717) is 10.2 Å². The summed E-state index contributed by atoms with van der Waals surface area (Å²) in [5, 5.41) is 8.83. The standard InChI is InChI=1S/C13H18BrNO5S/c1-4-15(9(2)7-13(16)17)21(18,19)10-5-6-12(20-3)11(14)8-10/h5-6,8-9H,4,7H2,1-3H3,(H,16,17). The predicted molar refractivity (Wildman–Crippen MR) is 82.0 cm³/mol. The zero-order valence-corrected chi connectivity index (χ0v) is 14.4. The predicted octanol–water partition coefficient (Wildman–Crippen LogP) is 2.33. The van der Waals surface area contributed by atoms with Crippen molar-refractivity contribution in [3.8, 4) is 5.75 Å². The summed E-state index contributed by atoms with van der Waals surface area (Å²) in [4.78, 5) is 10.9. The molecule has 1 aromatic rings. The Balaban J connectivity index is 3.18. The van der Waals surface area contributed by atoms with Crippen molar-refractivity contribution in [1.29, 1.82) is 0 Å². The summed E-state index contributed by atoms with van der Waals surface area (Å²) in [6.45, 7) is 3.45. The lowest BCUT2D eigenvalue weighted by molar-refractivity contribution is -0.137. The maximum absolute atomic E-state index is 12.6. The summed E-state index contributed by atoms with van der Waals surface area (Å²) < 4.78 is 32.0. The summed E-state index contributed by atoms with van der Waals surface area (Å²) in [6, 6.07) is 3.81. The van der Waals surface area contributed by atoms with Crippen molar-refractivity contribution >= 4 is 31.9 Å². The molecule has 21 heavy (non-hydrogen) atoms. The summed E-state index contributed by atoms with van der Waals surface area (Å²) in [6.07, 6.45) is -0.246. The van der Waals surface area contributed by atoms with E-state index >= 15 is 0 Å². The molecule has 1 atom stereocenters. The van der Waals surface area contributed by atoms with E-state index in [4.69, 9.17) is 9.84 Å². The van der Waals surface area contributed by atoms with Crippen LogP contribution in [0.1, 0.15) is 20.3 Å². The molecule has 0 bridgehead atoms. The zero-order valence-electron chi connectivity index (χ0n) is 12.0. The van der Waals surface area contributed by atoms with Crippen molar-refractivity contribution < 1.29 is 23.1 Å². The highest BCUT2D eigenvalue weighted by atomic mass is 79.9. The number of carboxylic acid groups (broad SMARTS) is 1. The quantitative estimate of drug-likeness (QED) is 0.785. The molecule has 0 saturated heterocycles. The van der Waals surface area contributed by atoms with Gasteiger partial charge in [0.1, 0.15) is 5.75 Å². The van der Waals surface area contributed by atoms with Crippen LogP contribution in [0.15, 0.2) is 27.6 Å². The Labute approximate surface area is 132 Å². The van der Waals surface area contributed by atoms with E-state index < -0.39 is 22.0 Å². The van der Waals surface area contributed by atoms with Crippen LogP contribution < -0.4 is 4.74 Å². The van der Waals surface area contributed by atoms with Crippen LogP contribution in [0.25, 0.3) is 0 Å². The Bertz CT molecular complexity index is 617. The Morgan fingerprint density at radius 1 is 1.48 bits per heavy atom. The van der Waals surface area contributed by atoms with Crippen LogP contribution >= 0.6 is 15.9 Å². The third kappa shape index (κ3) is 4.18. The smallest absolute Gasteiger partial charge is 0.304 e. The monoisotopic (exact) mass is 379 g/mol. The number of methoxy groups -OCH3 is 1. The highest BCUT2D eigenvalue weighted by Gasteiger charge is 2.29. The highest BCUT2D eigenvalue weighted by Crippen LogP contribution is 2.29. The molecule has 1 N–H and O–H groups in total. The van der Waals surface area contributed by atoms with Crippen LogP contribution in [-0.4, -0.2) is 43.5 Å². The molecule has 0 aromatic heterocycles. The van der Waals surface area contributed by atoms with Gasteiger partial charge in [0.05, 0.1) is 22.9 Å². The molecule has 0 spiro atoms. The highest BCUT2D eigenvalue weighted by molar-refractivity contribution is 9.10. The molecule has 0 fully saturated rings. The molecule has 0 amide bonds. The van der Waals surface area contributed by atoms with E-state index in [1.54, 1.807) is 19.9 Å². The van der Waals surface area contributed by atoms with Crippen molar-refractivity contribution in [2.45, 2.75) is 31.2 Å². The Morgan fingerprint density at radius 2 is 2.10 bits per heavy atom. The second-order valence-electron chi connectivity index (χ2n) is 4.45. The molecule has 1 unspecified atom stereocenters. The van der Waals surface area contributed by atoms with Crippen molar-refractivity contribution in [1.82, 2.24) is 4.31 Å². The minimum absolute atomic E-state index is 0.0919. The number of sulfonamides is 1. The lowest BCUT2D eigenvalue weighted by atomic mass is 10.2. The normalized spacial score (nSPS) is 13.2. The molecule has 0 radical (unpaired) electrons. The zero-order chi connectivity index (χ0) is 16.2. The van der Waals surface area contributed by atoms with Crippen LogP contribution in [0, 0.1) is 0 Å². The third-order valence-electron chi connectivity index (χ3n) is 3.00. The SMILES string of the molecule is CCN(C(C)CC(=O)O)S(=O)(=O)c1ccc(OC)c(Br)c1. The molecule has 0 heterocycles. The first-order valence-corrected chi connectivity index (χ1v) is 8.54. The first-order valence-electron chi connectivity index (χ1n) is 6.31. The van der Waals surface area contributed by atoms with Gasteiger partial charge >= 0.3 is 5.97 Å². The van der Waals surface area contributed by atoms with Gasteiger partial charge in [-0.3, -0.25) is 4.79 Å². The number of carboxylic acids is 1. The number of ether oxygens (including phenoxy) is 1. The lowest BCUT2D eigenvalue weighted by Gasteiger charge is -2.26. The van der Waals surface area contributed by atoms with Crippen LogP contribution in [0.3, 0.4) is 0 Å². The van der Waals surface area contributed by atoms with Crippen LogP contribution in [0.5, 0.6) is 5.75 Å². The first kappa shape index (κ1) is 17.9. The maximum atomic E-state index is 12.6. The number of halogens is 1. The van der Waals surface area contributed by atoms with Gasteiger partial charge in [-0.2, -0.15) is 4.31 Å². The summed E-state index contributed by atoms with van der Waals surface area (Å²) in [5.74, 6) is -0.511. The Morgan fingerprint density at radius 3 is 2.52 bits per heavy atom. The number of carbonyl (C=O) groups is 1. The fourth-order valence-corrected chi connectivity index (χ4v) is 4.37. The minimum Gasteiger partial charge on any atom is -0.496 e. The fourth-order valence-electron chi connectivity index (χ4n) is 2.02. The Hall–Kier alpha value is -1.12.